The highest BCUT2D eigenvalue weighted by Gasteiger charge is 2.11. The molecule has 0 saturated heterocycles. The van der Waals surface area contributed by atoms with Crippen LogP contribution in [0.4, 0.5) is 11.5 Å². The summed E-state index contributed by atoms with van der Waals surface area (Å²) in [5, 5.41) is 12.1. The summed E-state index contributed by atoms with van der Waals surface area (Å²) in [6.45, 7) is 0.690. The molecular weight excluding hydrogens is 254 g/mol. The van der Waals surface area contributed by atoms with Gasteiger partial charge in [-0.3, -0.25) is 0 Å². The number of nitrogen functional groups attached to an aromatic ring is 1. The van der Waals surface area contributed by atoms with Gasteiger partial charge in [0.1, 0.15) is 5.82 Å². The van der Waals surface area contributed by atoms with Gasteiger partial charge in [0.05, 0.1) is 11.3 Å². The number of hydrogen-bond acceptors (Lipinski definition) is 4. The Morgan fingerprint density at radius 3 is 2.70 bits per heavy atom. The molecule has 0 atom stereocenters. The van der Waals surface area contributed by atoms with Crippen molar-refractivity contribution in [3.63, 3.8) is 0 Å². The van der Waals surface area contributed by atoms with Gasteiger partial charge in [0.2, 0.25) is 0 Å². The number of carbonyl (C=O) groups is 1. The average Bonchev–Trinajstić information content (AvgIpc) is 2.46. The van der Waals surface area contributed by atoms with Crippen LogP contribution in [0, 0.1) is 0 Å². The van der Waals surface area contributed by atoms with Crippen LogP contribution in [0.5, 0.6) is 0 Å². The molecule has 5 heteroatoms. The number of aromatic carboxylic acids is 1. The van der Waals surface area contributed by atoms with Gasteiger partial charge in [-0.25, -0.2) is 9.78 Å². The fourth-order valence-corrected chi connectivity index (χ4v) is 1.94. The lowest BCUT2D eigenvalue weighted by Crippen LogP contribution is -2.10. The number of anilines is 2. The Hall–Kier alpha value is -2.56. The molecule has 20 heavy (non-hydrogen) atoms. The minimum Gasteiger partial charge on any atom is -0.478 e. The molecule has 0 spiro atoms. The maximum atomic E-state index is 11.0. The third kappa shape index (κ3) is 3.47. The first-order valence-corrected chi connectivity index (χ1v) is 6.44. The van der Waals surface area contributed by atoms with Crippen LogP contribution < -0.4 is 11.1 Å². The molecule has 0 fully saturated rings. The maximum Gasteiger partial charge on any atom is 0.337 e. The van der Waals surface area contributed by atoms with Crippen molar-refractivity contribution in [2.24, 2.45) is 0 Å². The first kappa shape index (κ1) is 13.9. The SMILES string of the molecule is Nc1c(C(=O)O)ccnc1NCCCc1ccccc1. The van der Waals surface area contributed by atoms with Crippen molar-refractivity contribution >= 4 is 17.5 Å². The summed E-state index contributed by atoms with van der Waals surface area (Å²) >= 11 is 0. The van der Waals surface area contributed by atoms with Gasteiger partial charge in [-0.05, 0) is 24.5 Å². The fraction of sp³-hybridized carbons (Fsp3) is 0.200. The van der Waals surface area contributed by atoms with Gasteiger partial charge in [0.15, 0.2) is 0 Å². The zero-order chi connectivity index (χ0) is 14.4. The molecular formula is C15H17N3O2. The second kappa shape index (κ2) is 6.56. The van der Waals surface area contributed by atoms with Gasteiger partial charge in [-0.2, -0.15) is 0 Å². The third-order valence-corrected chi connectivity index (χ3v) is 3.00. The van der Waals surface area contributed by atoms with E-state index < -0.39 is 5.97 Å². The van der Waals surface area contributed by atoms with Gasteiger partial charge in [0.25, 0.3) is 0 Å². The molecule has 0 aliphatic rings. The standard InChI is InChI=1S/C15H17N3O2/c16-13-12(15(19)20)8-10-18-14(13)17-9-4-7-11-5-2-1-3-6-11/h1-3,5-6,8,10H,4,7,9,16H2,(H,17,18)(H,19,20). The van der Waals surface area contributed by atoms with Crippen LogP contribution in [0.3, 0.4) is 0 Å². The Morgan fingerprint density at radius 1 is 1.25 bits per heavy atom. The number of nitrogens with two attached hydrogens (primary N) is 1. The number of pyridine rings is 1. The van der Waals surface area contributed by atoms with Crippen LogP contribution in [-0.4, -0.2) is 22.6 Å². The van der Waals surface area contributed by atoms with Crippen LogP contribution in [0.2, 0.25) is 0 Å². The number of aryl methyl sites for hydroxylation is 1. The molecule has 2 rings (SSSR count). The molecule has 0 aliphatic carbocycles. The van der Waals surface area contributed by atoms with E-state index in [1.54, 1.807) is 0 Å². The van der Waals surface area contributed by atoms with E-state index in [0.29, 0.717) is 12.4 Å². The van der Waals surface area contributed by atoms with Crippen LogP contribution >= 0.6 is 0 Å². The summed E-state index contributed by atoms with van der Waals surface area (Å²) in [5.41, 5.74) is 7.30. The Bertz CT molecular complexity index is 585. The number of rotatable bonds is 6. The first-order chi connectivity index (χ1) is 9.68. The average molecular weight is 271 g/mol. The number of nitrogens with zero attached hydrogens (tertiary/aromatic N) is 1. The van der Waals surface area contributed by atoms with E-state index in [-0.39, 0.29) is 11.3 Å². The van der Waals surface area contributed by atoms with E-state index in [1.165, 1.54) is 17.8 Å². The molecule has 0 radical (unpaired) electrons. The minimum atomic E-state index is -1.04. The van der Waals surface area contributed by atoms with Crippen molar-refractivity contribution < 1.29 is 9.90 Å². The highest BCUT2D eigenvalue weighted by atomic mass is 16.4. The Morgan fingerprint density at radius 2 is 2.00 bits per heavy atom. The van der Waals surface area contributed by atoms with Gasteiger partial charge in [-0.1, -0.05) is 30.3 Å². The van der Waals surface area contributed by atoms with Gasteiger partial charge in [0, 0.05) is 12.7 Å². The lowest BCUT2D eigenvalue weighted by molar-refractivity contribution is 0.0698. The molecule has 5 nitrogen and oxygen atoms in total. The highest BCUT2D eigenvalue weighted by Crippen LogP contribution is 2.19. The summed E-state index contributed by atoms with van der Waals surface area (Å²) in [5.74, 6) is -0.616. The minimum absolute atomic E-state index is 0.0746. The van der Waals surface area contributed by atoms with Crippen molar-refractivity contribution in [2.45, 2.75) is 12.8 Å². The van der Waals surface area contributed by atoms with E-state index in [2.05, 4.69) is 22.4 Å². The highest BCUT2D eigenvalue weighted by molar-refractivity contribution is 5.96. The second-order valence-corrected chi connectivity index (χ2v) is 4.44. The molecule has 0 unspecified atom stereocenters. The van der Waals surface area contributed by atoms with E-state index in [1.807, 2.05) is 18.2 Å². The summed E-state index contributed by atoms with van der Waals surface area (Å²) in [6.07, 6.45) is 3.31. The van der Waals surface area contributed by atoms with Gasteiger partial charge < -0.3 is 16.2 Å². The summed E-state index contributed by atoms with van der Waals surface area (Å²) < 4.78 is 0. The summed E-state index contributed by atoms with van der Waals surface area (Å²) in [7, 11) is 0. The monoisotopic (exact) mass is 271 g/mol. The van der Waals surface area contributed by atoms with E-state index in [9.17, 15) is 4.79 Å². The molecule has 1 aromatic heterocycles. The van der Waals surface area contributed by atoms with Crippen LogP contribution in [0.1, 0.15) is 22.3 Å². The smallest absolute Gasteiger partial charge is 0.337 e. The van der Waals surface area contributed by atoms with Crippen molar-refractivity contribution in [3.05, 3.63) is 53.7 Å². The van der Waals surface area contributed by atoms with Gasteiger partial charge in [-0.15, -0.1) is 0 Å². The Balaban J connectivity index is 1.88. The number of carboxylic acid groups (broad SMARTS) is 1. The predicted molar refractivity (Wildman–Crippen MR) is 78.9 cm³/mol. The molecule has 0 bridgehead atoms. The number of benzene rings is 1. The van der Waals surface area contributed by atoms with Crippen molar-refractivity contribution in [2.75, 3.05) is 17.6 Å². The quantitative estimate of drug-likeness (QED) is 0.702. The van der Waals surface area contributed by atoms with E-state index in [4.69, 9.17) is 10.8 Å². The van der Waals surface area contributed by atoms with Crippen LogP contribution in [0.25, 0.3) is 0 Å². The Labute approximate surface area is 117 Å². The molecule has 104 valence electrons. The molecule has 2 aromatic rings. The summed E-state index contributed by atoms with van der Waals surface area (Å²) in [6, 6.07) is 11.6. The van der Waals surface area contributed by atoms with E-state index >= 15 is 0 Å². The van der Waals surface area contributed by atoms with Crippen molar-refractivity contribution in [1.29, 1.82) is 0 Å². The number of hydrogen-bond donors (Lipinski definition) is 3. The van der Waals surface area contributed by atoms with Crippen molar-refractivity contribution in [3.8, 4) is 0 Å². The predicted octanol–water partition coefficient (Wildman–Crippen LogP) is 2.41. The third-order valence-electron chi connectivity index (χ3n) is 3.00. The molecule has 1 aromatic carbocycles. The molecule has 4 N–H and O–H groups in total. The lowest BCUT2D eigenvalue weighted by Gasteiger charge is -2.09. The number of carboxylic acids is 1. The molecule has 0 aliphatic heterocycles. The first-order valence-electron chi connectivity index (χ1n) is 6.44. The van der Waals surface area contributed by atoms with Crippen LogP contribution in [0.15, 0.2) is 42.6 Å². The number of nitrogens with one attached hydrogen (secondary N) is 1. The second-order valence-electron chi connectivity index (χ2n) is 4.44. The molecule has 1 heterocycles. The largest absolute Gasteiger partial charge is 0.478 e. The zero-order valence-corrected chi connectivity index (χ0v) is 11.0. The Kier molecular flexibility index (Phi) is 4.55. The maximum absolute atomic E-state index is 11.0. The van der Waals surface area contributed by atoms with Gasteiger partial charge >= 0.3 is 5.97 Å². The lowest BCUT2D eigenvalue weighted by atomic mass is 10.1. The fourth-order valence-electron chi connectivity index (χ4n) is 1.94. The molecule has 0 amide bonds. The molecule has 0 saturated carbocycles. The van der Waals surface area contributed by atoms with Crippen LogP contribution in [-0.2, 0) is 6.42 Å². The zero-order valence-electron chi connectivity index (χ0n) is 11.0. The normalized spacial score (nSPS) is 10.2. The van der Waals surface area contributed by atoms with Crippen molar-refractivity contribution in [1.82, 2.24) is 4.98 Å². The van der Waals surface area contributed by atoms with E-state index in [0.717, 1.165) is 12.8 Å². The topological polar surface area (TPSA) is 88.2 Å². The number of aromatic nitrogens is 1. The summed E-state index contributed by atoms with van der Waals surface area (Å²) in [4.78, 5) is 15.0.